The first-order valence-corrected chi connectivity index (χ1v) is 13.5. The second kappa shape index (κ2) is 8.65. The lowest BCUT2D eigenvalue weighted by Crippen LogP contribution is -2.51. The van der Waals surface area contributed by atoms with Crippen LogP contribution in [0, 0.1) is 30.1 Å². The largest absolute Gasteiger partial charge is 0.425 e. The first-order chi connectivity index (χ1) is 17.1. The van der Waals surface area contributed by atoms with Crippen molar-refractivity contribution in [2.24, 2.45) is 23.2 Å². The van der Waals surface area contributed by atoms with E-state index in [0.717, 1.165) is 43.1 Å². The van der Waals surface area contributed by atoms with Crippen LogP contribution in [0.2, 0.25) is 0 Å². The average molecular weight is 522 g/mol. The third-order valence-corrected chi connectivity index (χ3v) is 9.99. The van der Waals surface area contributed by atoms with Crippen LogP contribution in [0.1, 0.15) is 47.7 Å². The minimum absolute atomic E-state index is 0.00586. The fourth-order valence-electron chi connectivity index (χ4n) is 7.24. The molecule has 4 bridgehead atoms. The number of rotatable bonds is 6. The van der Waals surface area contributed by atoms with Gasteiger partial charge >= 0.3 is 11.9 Å². The number of carbonyl (C=O) groups excluding carboxylic acids is 1. The highest BCUT2D eigenvalue weighted by Crippen LogP contribution is 2.64. The molecule has 2 unspecified atom stereocenters. The van der Waals surface area contributed by atoms with E-state index in [0.29, 0.717) is 66.5 Å². The van der Waals surface area contributed by atoms with Gasteiger partial charge in [0.05, 0.1) is 13.1 Å². The Labute approximate surface area is 211 Å². The molecule has 7 rings (SSSR count). The topological polar surface area (TPSA) is 71.3 Å². The molecule has 194 valence electrons. The zero-order valence-electron chi connectivity index (χ0n) is 20.3. The molecule has 36 heavy (non-hydrogen) atoms. The van der Waals surface area contributed by atoms with Crippen LogP contribution >= 0.6 is 11.3 Å². The maximum atomic E-state index is 13.3. The fraction of sp³-hybridized carbons (Fsp3) is 0.680. The van der Waals surface area contributed by atoms with Crippen molar-refractivity contribution in [1.29, 1.82) is 0 Å². The Hall–Kier alpha value is -2.27. The number of halogens is 3. The summed E-state index contributed by atoms with van der Waals surface area (Å²) < 4.78 is 40.0. The second-order valence-corrected chi connectivity index (χ2v) is 12.3. The number of anilines is 1. The Morgan fingerprint density at radius 2 is 1.78 bits per heavy atom. The summed E-state index contributed by atoms with van der Waals surface area (Å²) >= 11 is 0.622. The number of carbonyl (C=O) groups is 1. The predicted octanol–water partition coefficient (Wildman–Crippen LogP) is 3.59. The van der Waals surface area contributed by atoms with Gasteiger partial charge in [-0.1, -0.05) is 0 Å². The summed E-state index contributed by atoms with van der Waals surface area (Å²) in [6, 6.07) is 2.41. The van der Waals surface area contributed by atoms with Gasteiger partial charge in [-0.05, 0) is 68.9 Å². The molecule has 2 aromatic rings. The van der Waals surface area contributed by atoms with Crippen LogP contribution in [-0.2, 0) is 17.5 Å². The fourth-order valence-corrected chi connectivity index (χ4v) is 8.10. The Balaban J connectivity index is 1.07. The van der Waals surface area contributed by atoms with Crippen molar-refractivity contribution in [2.45, 2.75) is 51.7 Å². The standard InChI is InChI=1S/C25H30F3N5O2S/c1-15-29-22(30-23(35)33(15)13-19-2-3-21(36-19)25(26,27)28)32-6-4-31(5-7-32)14-20(34)24-10-16-8-17(11-24)18(9-16)12-24/h2-3,16-18H,4-14H2,1H3. The average Bonchev–Trinajstić information content (AvgIpc) is 3.47. The SMILES string of the molecule is Cc1nc(N2CCN(CC(=O)C34CC5CC(C3)C(C5)C4)CC2)nc(=O)n1Cc1ccc(C(F)(F)F)s1. The number of hydrogen-bond donors (Lipinski definition) is 0. The molecule has 11 heteroatoms. The Morgan fingerprint density at radius 1 is 1.08 bits per heavy atom. The van der Waals surface area contributed by atoms with Crippen LogP contribution in [-0.4, -0.2) is 57.9 Å². The smallest absolute Gasteiger partial charge is 0.338 e. The summed E-state index contributed by atoms with van der Waals surface area (Å²) in [5, 5.41) is 0. The summed E-state index contributed by atoms with van der Waals surface area (Å²) in [6.45, 7) is 4.84. The highest BCUT2D eigenvalue weighted by atomic mass is 32.1. The minimum Gasteiger partial charge on any atom is -0.338 e. The van der Waals surface area contributed by atoms with E-state index in [-0.39, 0.29) is 12.0 Å². The number of alkyl halides is 3. The number of aryl methyl sites for hydroxylation is 1. The van der Waals surface area contributed by atoms with Crippen molar-refractivity contribution in [3.63, 3.8) is 0 Å². The Morgan fingerprint density at radius 3 is 2.36 bits per heavy atom. The molecule has 4 aliphatic carbocycles. The van der Waals surface area contributed by atoms with Gasteiger partial charge in [-0.2, -0.15) is 23.1 Å². The van der Waals surface area contributed by atoms with Gasteiger partial charge in [0, 0.05) is 36.5 Å². The van der Waals surface area contributed by atoms with Gasteiger partial charge in [0.25, 0.3) is 0 Å². The molecule has 5 fully saturated rings. The molecule has 5 aliphatic rings. The normalized spacial score (nSPS) is 29.9. The van der Waals surface area contributed by atoms with Crippen molar-refractivity contribution in [3.8, 4) is 0 Å². The quantitative estimate of drug-likeness (QED) is 0.579. The van der Waals surface area contributed by atoms with Crippen LogP contribution in [0.4, 0.5) is 19.1 Å². The number of hydrogen-bond acceptors (Lipinski definition) is 7. The summed E-state index contributed by atoms with van der Waals surface area (Å²) in [7, 11) is 0. The molecule has 2 aromatic heterocycles. The number of piperazine rings is 1. The van der Waals surface area contributed by atoms with Crippen LogP contribution in [0.15, 0.2) is 16.9 Å². The lowest BCUT2D eigenvalue weighted by Gasteiger charge is -2.40. The maximum Gasteiger partial charge on any atom is 0.425 e. The van der Waals surface area contributed by atoms with Crippen molar-refractivity contribution in [1.82, 2.24) is 19.4 Å². The van der Waals surface area contributed by atoms with Gasteiger partial charge in [-0.15, -0.1) is 11.3 Å². The molecular formula is C25H30F3N5O2S. The Kier molecular flexibility index (Phi) is 5.79. The first-order valence-electron chi connectivity index (χ1n) is 12.7. The van der Waals surface area contributed by atoms with E-state index in [1.54, 1.807) is 6.92 Å². The van der Waals surface area contributed by atoms with Gasteiger partial charge in [0.2, 0.25) is 5.95 Å². The van der Waals surface area contributed by atoms with Gasteiger partial charge in [0.15, 0.2) is 5.78 Å². The summed E-state index contributed by atoms with van der Waals surface area (Å²) in [5.41, 5.74) is -0.593. The van der Waals surface area contributed by atoms with E-state index in [4.69, 9.17) is 0 Å². The molecule has 0 spiro atoms. The van der Waals surface area contributed by atoms with Crippen molar-refractivity contribution in [3.05, 3.63) is 38.2 Å². The van der Waals surface area contributed by atoms with E-state index in [9.17, 15) is 22.8 Å². The van der Waals surface area contributed by atoms with Gasteiger partial charge < -0.3 is 4.90 Å². The molecule has 1 saturated heterocycles. The van der Waals surface area contributed by atoms with E-state index in [1.165, 1.54) is 23.5 Å². The van der Waals surface area contributed by atoms with Crippen molar-refractivity contribution < 1.29 is 18.0 Å². The third kappa shape index (κ3) is 4.27. The van der Waals surface area contributed by atoms with E-state index in [2.05, 4.69) is 14.9 Å². The van der Waals surface area contributed by atoms with Crippen LogP contribution < -0.4 is 10.6 Å². The van der Waals surface area contributed by atoms with Crippen molar-refractivity contribution in [2.75, 3.05) is 37.6 Å². The predicted molar refractivity (Wildman–Crippen MR) is 129 cm³/mol. The first kappa shape index (κ1) is 24.1. The molecular weight excluding hydrogens is 491 g/mol. The molecule has 0 aromatic carbocycles. The lowest BCUT2D eigenvalue weighted by molar-refractivity contribution is -0.134. The molecule has 0 amide bonds. The summed E-state index contributed by atoms with van der Waals surface area (Å²) in [4.78, 5) is 38.5. The van der Waals surface area contributed by atoms with Crippen LogP contribution in [0.3, 0.4) is 0 Å². The molecule has 0 radical (unpaired) electrons. The van der Waals surface area contributed by atoms with Crippen LogP contribution in [0.5, 0.6) is 0 Å². The minimum atomic E-state index is -4.40. The van der Waals surface area contributed by atoms with Gasteiger partial charge in [0.1, 0.15) is 10.7 Å². The van der Waals surface area contributed by atoms with Crippen molar-refractivity contribution >= 4 is 23.1 Å². The van der Waals surface area contributed by atoms with Gasteiger partial charge in [-0.3, -0.25) is 14.3 Å². The molecule has 0 N–H and O–H groups in total. The molecule has 7 nitrogen and oxygen atoms in total. The molecule has 4 saturated carbocycles. The maximum absolute atomic E-state index is 13.3. The highest BCUT2D eigenvalue weighted by molar-refractivity contribution is 7.12. The zero-order chi connectivity index (χ0) is 25.2. The number of aromatic nitrogens is 3. The Bertz CT molecular complexity index is 1210. The lowest BCUT2D eigenvalue weighted by atomic mass is 9.67. The van der Waals surface area contributed by atoms with E-state index < -0.39 is 16.7 Å². The molecule has 2 atom stereocenters. The molecule has 3 heterocycles. The number of Topliss-reactive ketones (excluding diaryl/α,β-unsaturated/α-hetero) is 1. The second-order valence-electron chi connectivity index (χ2n) is 11.1. The number of thiophene rings is 1. The van der Waals surface area contributed by atoms with E-state index >= 15 is 0 Å². The zero-order valence-corrected chi connectivity index (χ0v) is 21.1. The highest BCUT2D eigenvalue weighted by Gasteiger charge is 2.58. The summed E-state index contributed by atoms with van der Waals surface area (Å²) in [6.07, 6.45) is 1.55. The number of ketones is 1. The molecule has 1 aliphatic heterocycles. The van der Waals surface area contributed by atoms with Gasteiger partial charge in [-0.25, -0.2) is 4.79 Å². The monoisotopic (exact) mass is 521 g/mol. The summed E-state index contributed by atoms with van der Waals surface area (Å²) in [5.74, 6) is 3.49. The van der Waals surface area contributed by atoms with E-state index in [1.807, 2.05) is 4.90 Å². The third-order valence-electron chi connectivity index (χ3n) is 8.87. The van der Waals surface area contributed by atoms with Crippen LogP contribution in [0.25, 0.3) is 0 Å². The number of nitrogens with zero attached hydrogens (tertiary/aromatic N) is 5.